The molecule has 1 saturated heterocycles. The second-order valence-corrected chi connectivity index (χ2v) is 8.64. The minimum absolute atomic E-state index is 0.168. The first-order chi connectivity index (χ1) is 8.50. The lowest BCUT2D eigenvalue weighted by molar-refractivity contribution is -0.142. The molecule has 2 atom stereocenters. The summed E-state index contributed by atoms with van der Waals surface area (Å²) < 4.78 is 5.65. The molecule has 0 spiro atoms. The van der Waals surface area contributed by atoms with E-state index < -0.39 is 0 Å². The van der Waals surface area contributed by atoms with Gasteiger partial charge < -0.3 is 9.64 Å². The molecule has 3 heteroatoms. The zero-order valence-electron chi connectivity index (χ0n) is 13.4. The maximum atomic E-state index is 12.4. The van der Waals surface area contributed by atoms with Crippen LogP contribution in [0.1, 0.15) is 60.8 Å². The minimum atomic E-state index is -0.242. The maximum Gasteiger partial charge on any atom is 0.248 e. The molecule has 19 heavy (non-hydrogen) atoms. The van der Waals surface area contributed by atoms with Crippen molar-refractivity contribution in [2.45, 2.75) is 72.4 Å². The van der Waals surface area contributed by atoms with E-state index in [4.69, 9.17) is 4.74 Å². The van der Waals surface area contributed by atoms with E-state index in [0.717, 1.165) is 19.4 Å². The molecule has 110 valence electrons. The fourth-order valence-corrected chi connectivity index (χ4v) is 4.11. The van der Waals surface area contributed by atoms with Crippen molar-refractivity contribution in [2.75, 3.05) is 13.2 Å². The van der Waals surface area contributed by atoms with E-state index in [-0.39, 0.29) is 18.1 Å². The number of fused-ring (bicyclic) bond motifs is 2. The van der Waals surface area contributed by atoms with Crippen molar-refractivity contribution in [3.63, 3.8) is 0 Å². The van der Waals surface area contributed by atoms with Gasteiger partial charge in [-0.3, -0.25) is 4.79 Å². The molecule has 2 aliphatic rings. The number of rotatable bonds is 2. The Bertz CT molecular complexity index is 369. The van der Waals surface area contributed by atoms with Gasteiger partial charge in [0.15, 0.2) is 0 Å². The zero-order chi connectivity index (χ0) is 14.5. The van der Waals surface area contributed by atoms with Gasteiger partial charge in [-0.25, -0.2) is 0 Å². The lowest BCUT2D eigenvalue weighted by Crippen LogP contribution is -2.40. The molecule has 1 heterocycles. The molecule has 2 fully saturated rings. The van der Waals surface area contributed by atoms with E-state index in [9.17, 15) is 4.79 Å². The zero-order valence-corrected chi connectivity index (χ0v) is 13.4. The lowest BCUT2D eigenvalue weighted by Gasteiger charge is -2.39. The molecule has 1 amide bonds. The van der Waals surface area contributed by atoms with E-state index >= 15 is 0 Å². The number of hydrogen-bond acceptors (Lipinski definition) is 2. The van der Waals surface area contributed by atoms with Crippen molar-refractivity contribution >= 4 is 5.91 Å². The molecule has 3 nitrogen and oxygen atoms in total. The Balaban J connectivity index is 2.01. The normalized spacial score (nSPS) is 33.6. The Labute approximate surface area is 117 Å². The molecule has 1 saturated carbocycles. The van der Waals surface area contributed by atoms with E-state index in [1.165, 1.54) is 6.42 Å². The average Bonchev–Trinajstić information content (AvgIpc) is 2.43. The number of amides is 1. The fourth-order valence-electron chi connectivity index (χ4n) is 4.11. The molecular formula is C16H29NO2. The average molecular weight is 267 g/mol. The maximum absolute atomic E-state index is 12.4. The Morgan fingerprint density at radius 2 is 1.89 bits per heavy atom. The summed E-state index contributed by atoms with van der Waals surface area (Å²) >= 11 is 0. The van der Waals surface area contributed by atoms with Crippen molar-refractivity contribution in [3.05, 3.63) is 0 Å². The van der Waals surface area contributed by atoms with E-state index in [1.807, 2.05) is 20.8 Å². The Kier molecular flexibility index (Phi) is 3.49. The monoisotopic (exact) mass is 267 g/mol. The van der Waals surface area contributed by atoms with Crippen LogP contribution >= 0.6 is 0 Å². The molecule has 2 rings (SSSR count). The topological polar surface area (TPSA) is 29.5 Å². The molecule has 0 N–H and O–H groups in total. The van der Waals surface area contributed by atoms with Crippen molar-refractivity contribution in [1.82, 2.24) is 4.90 Å². The first kappa shape index (κ1) is 14.8. The largest absolute Gasteiger partial charge is 0.366 e. The van der Waals surface area contributed by atoms with Gasteiger partial charge in [0, 0.05) is 12.6 Å². The van der Waals surface area contributed by atoms with Gasteiger partial charge >= 0.3 is 0 Å². The van der Waals surface area contributed by atoms with Crippen LogP contribution in [0.3, 0.4) is 0 Å². The predicted octanol–water partition coefficient (Wildman–Crippen LogP) is 3.23. The quantitative estimate of drug-likeness (QED) is 0.769. The second kappa shape index (κ2) is 4.47. The standard InChI is InChI=1S/C16H29NO2/c1-14(2,3)19-9-13(18)17-11-16(6)8-12(17)7-15(4,5)10-16/h12H,7-11H2,1-6H3. The molecule has 1 aliphatic carbocycles. The van der Waals surface area contributed by atoms with Crippen LogP contribution < -0.4 is 0 Å². The summed E-state index contributed by atoms with van der Waals surface area (Å²) in [5, 5.41) is 0. The van der Waals surface area contributed by atoms with Crippen LogP contribution in [0.4, 0.5) is 0 Å². The summed E-state index contributed by atoms with van der Waals surface area (Å²) in [5.41, 5.74) is 0.426. The Morgan fingerprint density at radius 3 is 2.47 bits per heavy atom. The number of ether oxygens (including phenoxy) is 1. The molecule has 0 aromatic rings. The molecular weight excluding hydrogens is 238 g/mol. The Morgan fingerprint density at radius 1 is 1.26 bits per heavy atom. The highest BCUT2D eigenvalue weighted by Crippen LogP contribution is 2.52. The third-order valence-electron chi connectivity index (χ3n) is 4.36. The predicted molar refractivity (Wildman–Crippen MR) is 76.9 cm³/mol. The van der Waals surface area contributed by atoms with E-state index in [2.05, 4.69) is 25.7 Å². The van der Waals surface area contributed by atoms with Crippen LogP contribution in [0.2, 0.25) is 0 Å². The summed E-state index contributed by atoms with van der Waals surface area (Å²) in [6.07, 6.45) is 3.52. The van der Waals surface area contributed by atoms with Gasteiger partial charge in [-0.2, -0.15) is 0 Å². The van der Waals surface area contributed by atoms with Crippen molar-refractivity contribution < 1.29 is 9.53 Å². The molecule has 1 aliphatic heterocycles. The molecule has 2 unspecified atom stereocenters. The fraction of sp³-hybridized carbons (Fsp3) is 0.938. The van der Waals surface area contributed by atoms with Crippen LogP contribution in [-0.2, 0) is 9.53 Å². The summed E-state index contributed by atoms with van der Waals surface area (Å²) in [4.78, 5) is 14.5. The molecule has 0 aromatic carbocycles. The van der Waals surface area contributed by atoms with Gasteiger partial charge in [0.2, 0.25) is 5.91 Å². The van der Waals surface area contributed by atoms with Crippen LogP contribution in [0.15, 0.2) is 0 Å². The van der Waals surface area contributed by atoms with Gasteiger partial charge in [-0.15, -0.1) is 0 Å². The Hall–Kier alpha value is -0.570. The summed E-state index contributed by atoms with van der Waals surface area (Å²) in [5.74, 6) is 0.168. The molecule has 0 radical (unpaired) electrons. The SMILES string of the molecule is CC1(C)CC2CC(C)(CN2C(=O)COC(C)(C)C)C1. The van der Waals surface area contributed by atoms with Crippen molar-refractivity contribution in [1.29, 1.82) is 0 Å². The smallest absolute Gasteiger partial charge is 0.248 e. The minimum Gasteiger partial charge on any atom is -0.366 e. The summed E-state index contributed by atoms with van der Waals surface area (Å²) in [6.45, 7) is 14.1. The van der Waals surface area contributed by atoms with E-state index in [1.54, 1.807) is 0 Å². The van der Waals surface area contributed by atoms with Crippen LogP contribution in [0, 0.1) is 10.8 Å². The highest BCUT2D eigenvalue weighted by molar-refractivity contribution is 5.78. The number of hydrogen-bond donors (Lipinski definition) is 0. The first-order valence-corrected chi connectivity index (χ1v) is 7.43. The first-order valence-electron chi connectivity index (χ1n) is 7.43. The van der Waals surface area contributed by atoms with Gasteiger partial charge in [0.05, 0.1) is 5.60 Å². The van der Waals surface area contributed by atoms with Gasteiger partial charge in [0.25, 0.3) is 0 Å². The van der Waals surface area contributed by atoms with Gasteiger partial charge in [-0.05, 0) is 50.9 Å². The highest BCUT2D eigenvalue weighted by Gasteiger charge is 2.50. The third-order valence-corrected chi connectivity index (χ3v) is 4.36. The highest BCUT2D eigenvalue weighted by atomic mass is 16.5. The lowest BCUT2D eigenvalue weighted by atomic mass is 9.65. The van der Waals surface area contributed by atoms with Gasteiger partial charge in [-0.1, -0.05) is 20.8 Å². The number of likely N-dealkylation sites (tertiary alicyclic amines) is 1. The van der Waals surface area contributed by atoms with Gasteiger partial charge in [0.1, 0.15) is 6.61 Å². The van der Waals surface area contributed by atoms with Crippen molar-refractivity contribution in [2.24, 2.45) is 10.8 Å². The van der Waals surface area contributed by atoms with Crippen molar-refractivity contribution in [3.8, 4) is 0 Å². The number of nitrogens with zero attached hydrogens (tertiary/aromatic N) is 1. The number of carbonyl (C=O) groups is 1. The van der Waals surface area contributed by atoms with Crippen LogP contribution in [-0.4, -0.2) is 35.6 Å². The van der Waals surface area contributed by atoms with Crippen LogP contribution in [0.5, 0.6) is 0 Å². The van der Waals surface area contributed by atoms with Crippen LogP contribution in [0.25, 0.3) is 0 Å². The summed E-state index contributed by atoms with van der Waals surface area (Å²) in [7, 11) is 0. The number of carbonyl (C=O) groups excluding carboxylic acids is 1. The van der Waals surface area contributed by atoms with E-state index in [0.29, 0.717) is 16.9 Å². The third kappa shape index (κ3) is 3.50. The second-order valence-electron chi connectivity index (χ2n) is 8.64. The molecule has 0 aromatic heterocycles. The summed E-state index contributed by atoms with van der Waals surface area (Å²) in [6, 6.07) is 0.421. The molecule has 2 bridgehead atoms.